The lowest BCUT2D eigenvalue weighted by atomic mass is 10.0. The molecule has 120 valence electrons. The molecule has 1 amide bonds. The first kappa shape index (κ1) is 14.8. The molecular formula is C17H20N4OS. The first-order valence-electron chi connectivity index (χ1n) is 8.11. The highest BCUT2D eigenvalue weighted by Crippen LogP contribution is 2.26. The summed E-state index contributed by atoms with van der Waals surface area (Å²) in [7, 11) is 0. The van der Waals surface area contributed by atoms with Gasteiger partial charge < -0.3 is 4.90 Å². The number of amides is 1. The zero-order valence-corrected chi connectivity index (χ0v) is 13.8. The maximum atomic E-state index is 12.8. The van der Waals surface area contributed by atoms with Crippen LogP contribution in [-0.4, -0.2) is 51.9 Å². The summed E-state index contributed by atoms with van der Waals surface area (Å²) in [5, 5.41) is 0. The summed E-state index contributed by atoms with van der Waals surface area (Å²) in [4.78, 5) is 27.0. The lowest BCUT2D eigenvalue weighted by Gasteiger charge is -2.35. The van der Waals surface area contributed by atoms with Crippen LogP contribution in [0.15, 0.2) is 30.0 Å². The number of aromatic nitrogens is 2. The molecule has 1 atom stereocenters. The van der Waals surface area contributed by atoms with Crippen LogP contribution in [-0.2, 0) is 24.2 Å². The highest BCUT2D eigenvalue weighted by atomic mass is 32.1. The molecule has 0 radical (unpaired) electrons. The Balaban J connectivity index is 1.31. The minimum Gasteiger partial charge on any atom is -0.340 e. The van der Waals surface area contributed by atoms with Crippen molar-refractivity contribution in [1.82, 2.24) is 19.8 Å². The Bertz CT molecular complexity index is 655. The van der Waals surface area contributed by atoms with Crippen molar-refractivity contribution in [3.63, 3.8) is 0 Å². The van der Waals surface area contributed by atoms with Crippen molar-refractivity contribution < 1.29 is 4.79 Å². The van der Waals surface area contributed by atoms with Crippen molar-refractivity contribution in [3.8, 4) is 0 Å². The molecule has 0 spiro atoms. The third-order valence-corrected chi connectivity index (χ3v) is 5.55. The molecule has 1 aliphatic heterocycles. The van der Waals surface area contributed by atoms with Gasteiger partial charge in [0, 0.05) is 68.0 Å². The monoisotopic (exact) mass is 328 g/mol. The second kappa shape index (κ2) is 6.37. The van der Waals surface area contributed by atoms with Gasteiger partial charge in [0.25, 0.3) is 0 Å². The highest BCUT2D eigenvalue weighted by molar-refractivity contribution is 7.09. The predicted octanol–water partition coefficient (Wildman–Crippen LogP) is 1.60. The highest BCUT2D eigenvalue weighted by Gasteiger charge is 2.32. The Morgan fingerprint density at radius 1 is 1.26 bits per heavy atom. The Kier molecular flexibility index (Phi) is 4.10. The van der Waals surface area contributed by atoms with E-state index in [2.05, 4.69) is 20.9 Å². The maximum Gasteiger partial charge on any atom is 0.226 e. The number of hydrogen-bond donors (Lipinski definition) is 0. The number of nitrogens with zero attached hydrogens (tertiary/aromatic N) is 4. The van der Waals surface area contributed by atoms with Crippen LogP contribution in [0.25, 0.3) is 0 Å². The summed E-state index contributed by atoms with van der Waals surface area (Å²) in [6.45, 7) is 4.50. The molecule has 6 heteroatoms. The molecule has 2 aromatic heterocycles. The molecule has 0 N–H and O–H groups in total. The fraction of sp³-hybridized carbons (Fsp3) is 0.471. The van der Waals surface area contributed by atoms with E-state index < -0.39 is 0 Å². The fourth-order valence-electron chi connectivity index (χ4n) is 3.51. The van der Waals surface area contributed by atoms with E-state index in [0.717, 1.165) is 51.3 Å². The van der Waals surface area contributed by atoms with Gasteiger partial charge in [0.1, 0.15) is 0 Å². The van der Waals surface area contributed by atoms with Crippen molar-refractivity contribution >= 4 is 17.2 Å². The third kappa shape index (κ3) is 3.14. The quantitative estimate of drug-likeness (QED) is 0.859. The molecule has 1 unspecified atom stereocenters. The second-order valence-corrected chi connectivity index (χ2v) is 7.25. The van der Waals surface area contributed by atoms with Gasteiger partial charge in [-0.25, -0.2) is 0 Å². The minimum absolute atomic E-state index is 0.0907. The summed E-state index contributed by atoms with van der Waals surface area (Å²) >= 11 is 1.70. The number of carbonyl (C=O) groups is 1. The molecule has 2 aromatic rings. The standard InChI is InChI=1S/C17H20N4OS/c22-17(14-8-13-2-1-3-19-16(13)9-14)21-6-4-20(5-7-21)11-15-10-18-12-23-15/h1-3,10,12,14H,4-9,11H2. The maximum absolute atomic E-state index is 12.8. The summed E-state index contributed by atoms with van der Waals surface area (Å²) in [5.74, 6) is 0.397. The molecule has 1 saturated heterocycles. The molecule has 1 aliphatic carbocycles. The predicted molar refractivity (Wildman–Crippen MR) is 89.1 cm³/mol. The van der Waals surface area contributed by atoms with E-state index in [4.69, 9.17) is 0 Å². The number of hydrogen-bond acceptors (Lipinski definition) is 5. The lowest BCUT2D eigenvalue weighted by molar-refractivity contribution is -0.137. The lowest BCUT2D eigenvalue weighted by Crippen LogP contribution is -2.50. The first-order valence-corrected chi connectivity index (χ1v) is 8.99. The molecule has 1 fully saturated rings. The van der Waals surface area contributed by atoms with Gasteiger partial charge in [0.2, 0.25) is 5.91 Å². The van der Waals surface area contributed by atoms with Crippen molar-refractivity contribution in [2.75, 3.05) is 26.2 Å². The van der Waals surface area contributed by atoms with Gasteiger partial charge in [-0.15, -0.1) is 11.3 Å². The molecular weight excluding hydrogens is 308 g/mol. The van der Waals surface area contributed by atoms with Crippen LogP contribution in [0.2, 0.25) is 0 Å². The number of thiazole rings is 1. The Morgan fingerprint density at radius 3 is 2.87 bits per heavy atom. The van der Waals surface area contributed by atoms with Crippen molar-refractivity contribution in [2.45, 2.75) is 19.4 Å². The minimum atomic E-state index is 0.0907. The van der Waals surface area contributed by atoms with E-state index in [-0.39, 0.29) is 5.92 Å². The van der Waals surface area contributed by atoms with Crippen LogP contribution < -0.4 is 0 Å². The van der Waals surface area contributed by atoms with Crippen LogP contribution >= 0.6 is 11.3 Å². The van der Waals surface area contributed by atoms with Crippen LogP contribution in [0.4, 0.5) is 0 Å². The molecule has 23 heavy (non-hydrogen) atoms. The normalized spacial score (nSPS) is 21.4. The molecule has 0 aromatic carbocycles. The van der Waals surface area contributed by atoms with E-state index in [0.29, 0.717) is 5.91 Å². The summed E-state index contributed by atoms with van der Waals surface area (Å²) < 4.78 is 0. The van der Waals surface area contributed by atoms with Crippen LogP contribution in [0, 0.1) is 5.92 Å². The summed E-state index contributed by atoms with van der Waals surface area (Å²) in [5.41, 5.74) is 4.23. The fourth-order valence-corrected chi connectivity index (χ4v) is 4.15. The molecule has 2 aliphatic rings. The van der Waals surface area contributed by atoms with E-state index in [1.54, 1.807) is 11.3 Å². The number of carbonyl (C=O) groups excluding carboxylic acids is 1. The molecule has 3 heterocycles. The molecule has 0 saturated carbocycles. The third-order valence-electron chi connectivity index (χ3n) is 4.79. The van der Waals surface area contributed by atoms with Crippen LogP contribution in [0.3, 0.4) is 0 Å². The largest absolute Gasteiger partial charge is 0.340 e. The topological polar surface area (TPSA) is 49.3 Å². The van der Waals surface area contributed by atoms with Crippen molar-refractivity contribution in [2.24, 2.45) is 5.92 Å². The van der Waals surface area contributed by atoms with Gasteiger partial charge in [0.15, 0.2) is 0 Å². The second-order valence-electron chi connectivity index (χ2n) is 6.28. The van der Waals surface area contributed by atoms with E-state index >= 15 is 0 Å². The van der Waals surface area contributed by atoms with Gasteiger partial charge >= 0.3 is 0 Å². The van der Waals surface area contributed by atoms with Crippen molar-refractivity contribution in [1.29, 1.82) is 0 Å². The van der Waals surface area contributed by atoms with Crippen LogP contribution in [0.5, 0.6) is 0 Å². The number of rotatable bonds is 3. The van der Waals surface area contributed by atoms with Crippen LogP contribution in [0.1, 0.15) is 16.1 Å². The van der Waals surface area contributed by atoms with E-state index in [9.17, 15) is 4.79 Å². The SMILES string of the molecule is O=C(C1Cc2cccnc2C1)N1CCN(Cc2cncs2)CC1. The van der Waals surface area contributed by atoms with Gasteiger partial charge in [-0.3, -0.25) is 19.7 Å². The molecule has 5 nitrogen and oxygen atoms in total. The van der Waals surface area contributed by atoms with Gasteiger partial charge in [-0.2, -0.15) is 0 Å². The number of piperazine rings is 1. The van der Waals surface area contributed by atoms with E-state index in [1.807, 2.05) is 28.9 Å². The Morgan fingerprint density at radius 2 is 2.13 bits per heavy atom. The number of fused-ring (bicyclic) bond motifs is 1. The van der Waals surface area contributed by atoms with E-state index in [1.165, 1.54) is 10.4 Å². The average molecular weight is 328 g/mol. The zero-order valence-electron chi connectivity index (χ0n) is 13.0. The Hall–Kier alpha value is -1.79. The number of pyridine rings is 1. The first-order chi connectivity index (χ1) is 11.3. The summed E-state index contributed by atoms with van der Waals surface area (Å²) in [6, 6.07) is 4.06. The van der Waals surface area contributed by atoms with Gasteiger partial charge in [-0.05, 0) is 18.1 Å². The Labute approximate surface area is 140 Å². The molecule has 0 bridgehead atoms. The smallest absolute Gasteiger partial charge is 0.226 e. The summed E-state index contributed by atoms with van der Waals surface area (Å²) in [6.07, 6.45) is 5.41. The van der Waals surface area contributed by atoms with Crippen molar-refractivity contribution in [3.05, 3.63) is 46.2 Å². The van der Waals surface area contributed by atoms with Gasteiger partial charge in [-0.1, -0.05) is 6.07 Å². The molecule has 4 rings (SSSR count). The zero-order chi connectivity index (χ0) is 15.6. The van der Waals surface area contributed by atoms with Gasteiger partial charge in [0.05, 0.1) is 5.51 Å². The average Bonchev–Trinajstić information content (AvgIpc) is 3.24.